The number of hydrogen-bond donors (Lipinski definition) is 2. The number of nitrogens with one attached hydrogen (secondary N) is 2. The maximum absolute atomic E-state index is 12.0. The lowest BCUT2D eigenvalue weighted by molar-refractivity contribution is 0.102. The highest BCUT2D eigenvalue weighted by atomic mass is 35.5. The number of aryl methyl sites for hydroxylation is 1. The first-order valence-electron chi connectivity index (χ1n) is 6.71. The van der Waals surface area contributed by atoms with Crippen LogP contribution in [0.4, 0.5) is 17.3 Å². The topological polar surface area (TPSA) is 92.9 Å². The molecule has 2 aromatic heterocycles. The number of amides is 1. The third-order valence-electron chi connectivity index (χ3n) is 2.86. The normalized spacial score (nSPS) is 10.3. The smallest absolute Gasteiger partial charge is 0.277 e. The summed E-state index contributed by atoms with van der Waals surface area (Å²) in [6.45, 7) is 1.73. The van der Waals surface area contributed by atoms with Gasteiger partial charge in [-0.25, -0.2) is 0 Å². The van der Waals surface area contributed by atoms with Gasteiger partial charge in [-0.2, -0.15) is 0 Å². The quantitative estimate of drug-likeness (QED) is 0.761. The van der Waals surface area contributed by atoms with E-state index in [1.165, 1.54) is 0 Å². The molecule has 3 rings (SSSR count). The van der Waals surface area contributed by atoms with Gasteiger partial charge in [0.1, 0.15) is 5.76 Å². The Bertz CT molecular complexity index is 832. The molecule has 0 atom stereocenters. The molecule has 0 bridgehead atoms. The lowest BCUT2D eigenvalue weighted by atomic mass is 10.3. The molecule has 0 saturated heterocycles. The Labute approximate surface area is 136 Å². The molecule has 0 fully saturated rings. The van der Waals surface area contributed by atoms with E-state index in [9.17, 15) is 4.79 Å². The fourth-order valence-electron chi connectivity index (χ4n) is 1.84. The largest absolute Gasteiger partial charge is 0.360 e. The number of carbonyl (C=O) groups excluding carboxylic acids is 1. The molecule has 0 saturated carbocycles. The highest BCUT2D eigenvalue weighted by Crippen LogP contribution is 2.18. The monoisotopic (exact) mass is 329 g/mol. The van der Waals surface area contributed by atoms with E-state index in [0.29, 0.717) is 22.4 Å². The van der Waals surface area contributed by atoms with Crippen LogP contribution in [-0.4, -0.2) is 21.3 Å². The number of nitrogens with zero attached hydrogens (tertiary/aromatic N) is 3. The number of benzene rings is 1. The molecule has 7 nitrogen and oxygen atoms in total. The van der Waals surface area contributed by atoms with Gasteiger partial charge in [0.2, 0.25) is 0 Å². The molecule has 2 N–H and O–H groups in total. The maximum atomic E-state index is 12.0. The van der Waals surface area contributed by atoms with Gasteiger partial charge in [0.15, 0.2) is 17.3 Å². The van der Waals surface area contributed by atoms with Crippen LogP contribution in [-0.2, 0) is 0 Å². The summed E-state index contributed by atoms with van der Waals surface area (Å²) in [7, 11) is 0. The molecule has 2 heterocycles. The fourth-order valence-corrected chi connectivity index (χ4v) is 2.03. The number of aromatic nitrogens is 3. The van der Waals surface area contributed by atoms with Crippen LogP contribution in [0, 0.1) is 6.92 Å². The number of hydrogen-bond acceptors (Lipinski definition) is 6. The summed E-state index contributed by atoms with van der Waals surface area (Å²) in [5.41, 5.74) is 0.948. The number of rotatable bonds is 4. The Morgan fingerprint density at radius 3 is 2.65 bits per heavy atom. The van der Waals surface area contributed by atoms with E-state index in [0.717, 1.165) is 5.69 Å². The molecule has 8 heteroatoms. The van der Waals surface area contributed by atoms with Crippen LogP contribution in [0.25, 0.3) is 0 Å². The van der Waals surface area contributed by atoms with Gasteiger partial charge in [-0.1, -0.05) is 22.8 Å². The molecule has 0 aliphatic rings. The zero-order chi connectivity index (χ0) is 16.2. The van der Waals surface area contributed by atoms with Gasteiger partial charge in [-0.3, -0.25) is 4.79 Å². The van der Waals surface area contributed by atoms with Gasteiger partial charge >= 0.3 is 0 Å². The van der Waals surface area contributed by atoms with Crippen LogP contribution < -0.4 is 10.6 Å². The molecule has 0 radical (unpaired) electrons. The van der Waals surface area contributed by atoms with Crippen molar-refractivity contribution >= 4 is 34.8 Å². The van der Waals surface area contributed by atoms with Gasteiger partial charge in [0, 0.05) is 16.8 Å². The predicted molar refractivity (Wildman–Crippen MR) is 86.0 cm³/mol. The zero-order valence-electron chi connectivity index (χ0n) is 12.1. The lowest BCUT2D eigenvalue weighted by Crippen LogP contribution is -2.14. The summed E-state index contributed by atoms with van der Waals surface area (Å²) < 4.78 is 4.87. The summed E-state index contributed by atoms with van der Waals surface area (Å²) in [5, 5.41) is 17.8. The Balaban J connectivity index is 1.68. The minimum atomic E-state index is -0.417. The van der Waals surface area contributed by atoms with Gasteiger partial charge in [-0.05, 0) is 37.3 Å². The zero-order valence-corrected chi connectivity index (χ0v) is 12.8. The first-order valence-corrected chi connectivity index (χ1v) is 7.09. The summed E-state index contributed by atoms with van der Waals surface area (Å²) in [6.07, 6.45) is 0. The van der Waals surface area contributed by atoms with Crippen LogP contribution >= 0.6 is 11.6 Å². The minimum absolute atomic E-state index is 0.169. The third kappa shape index (κ3) is 3.83. The molecule has 3 aromatic rings. The van der Waals surface area contributed by atoms with Crippen molar-refractivity contribution in [3.8, 4) is 0 Å². The Morgan fingerprint density at radius 2 is 2.00 bits per heavy atom. The maximum Gasteiger partial charge on any atom is 0.277 e. The molecule has 0 spiro atoms. The standard InChI is InChI=1S/C15H12ClN5O2/c1-9-7-14(21-23-9)18-15(22)12-5-6-13(20-19-12)17-11-4-2-3-10(16)8-11/h2-8H,1H3,(H,17,20)(H,18,21,22). The van der Waals surface area contributed by atoms with E-state index in [1.807, 2.05) is 12.1 Å². The van der Waals surface area contributed by atoms with Crippen molar-refractivity contribution in [2.24, 2.45) is 0 Å². The van der Waals surface area contributed by atoms with Crippen LogP contribution in [0.3, 0.4) is 0 Å². The van der Waals surface area contributed by atoms with E-state index >= 15 is 0 Å². The number of anilines is 3. The van der Waals surface area contributed by atoms with E-state index in [2.05, 4.69) is 26.0 Å². The second-order valence-corrected chi connectivity index (χ2v) is 5.15. The Kier molecular flexibility index (Phi) is 4.20. The molecule has 0 aliphatic heterocycles. The van der Waals surface area contributed by atoms with Crippen molar-refractivity contribution in [2.75, 3.05) is 10.6 Å². The van der Waals surface area contributed by atoms with Crippen molar-refractivity contribution in [3.05, 3.63) is 58.9 Å². The van der Waals surface area contributed by atoms with E-state index in [1.54, 1.807) is 37.3 Å². The average molecular weight is 330 g/mol. The summed E-state index contributed by atoms with van der Waals surface area (Å²) in [6, 6.07) is 12.0. The second-order valence-electron chi connectivity index (χ2n) is 4.72. The van der Waals surface area contributed by atoms with E-state index in [4.69, 9.17) is 16.1 Å². The second kappa shape index (κ2) is 6.45. The summed E-state index contributed by atoms with van der Waals surface area (Å²) in [5.74, 6) is 1.02. The van der Waals surface area contributed by atoms with Crippen LogP contribution in [0.2, 0.25) is 5.02 Å². The first kappa shape index (κ1) is 15.0. The fraction of sp³-hybridized carbons (Fsp3) is 0.0667. The van der Waals surface area contributed by atoms with Gasteiger partial charge in [0.05, 0.1) is 0 Å². The molecule has 0 aliphatic carbocycles. The van der Waals surface area contributed by atoms with Crippen LogP contribution in [0.5, 0.6) is 0 Å². The van der Waals surface area contributed by atoms with Crippen molar-refractivity contribution in [1.29, 1.82) is 0 Å². The van der Waals surface area contributed by atoms with Crippen molar-refractivity contribution in [2.45, 2.75) is 6.92 Å². The van der Waals surface area contributed by atoms with E-state index < -0.39 is 5.91 Å². The Hall–Kier alpha value is -2.93. The highest BCUT2D eigenvalue weighted by Gasteiger charge is 2.11. The van der Waals surface area contributed by atoms with Gasteiger partial charge in [0.25, 0.3) is 5.91 Å². The molecular weight excluding hydrogens is 318 g/mol. The SMILES string of the molecule is Cc1cc(NC(=O)c2ccc(Nc3cccc(Cl)c3)nn2)no1. The van der Waals surface area contributed by atoms with Crippen LogP contribution in [0.15, 0.2) is 47.0 Å². The predicted octanol–water partition coefficient (Wildman–Crippen LogP) is 3.42. The summed E-state index contributed by atoms with van der Waals surface area (Å²) >= 11 is 5.91. The Morgan fingerprint density at radius 1 is 1.13 bits per heavy atom. The molecule has 0 unspecified atom stereocenters. The molecule has 23 heavy (non-hydrogen) atoms. The third-order valence-corrected chi connectivity index (χ3v) is 3.10. The average Bonchev–Trinajstić information content (AvgIpc) is 2.93. The molecule has 1 amide bonds. The van der Waals surface area contributed by atoms with Crippen molar-refractivity contribution in [3.63, 3.8) is 0 Å². The molecule has 116 valence electrons. The van der Waals surface area contributed by atoms with Gasteiger partial charge < -0.3 is 15.2 Å². The highest BCUT2D eigenvalue weighted by molar-refractivity contribution is 6.30. The first-order chi connectivity index (χ1) is 11.1. The van der Waals surface area contributed by atoms with Crippen LogP contribution in [0.1, 0.15) is 16.2 Å². The lowest BCUT2D eigenvalue weighted by Gasteiger charge is -2.05. The van der Waals surface area contributed by atoms with Gasteiger partial charge in [-0.15, -0.1) is 10.2 Å². The molecular formula is C15H12ClN5O2. The summed E-state index contributed by atoms with van der Waals surface area (Å²) in [4.78, 5) is 12.0. The number of halogens is 1. The number of carbonyl (C=O) groups is 1. The van der Waals surface area contributed by atoms with Crippen molar-refractivity contribution < 1.29 is 9.32 Å². The van der Waals surface area contributed by atoms with Crippen molar-refractivity contribution in [1.82, 2.24) is 15.4 Å². The molecule has 1 aromatic carbocycles. The minimum Gasteiger partial charge on any atom is -0.360 e. The van der Waals surface area contributed by atoms with E-state index in [-0.39, 0.29) is 5.69 Å².